The number of aldehydes is 1. The van der Waals surface area contributed by atoms with Crippen LogP contribution in [-0.4, -0.2) is 31.4 Å². The second kappa shape index (κ2) is 9.10. The molecule has 1 radical (unpaired) electrons. The predicted octanol–water partition coefficient (Wildman–Crippen LogP) is 4.75. The Morgan fingerprint density at radius 1 is 1.29 bits per heavy atom. The van der Waals surface area contributed by atoms with E-state index in [2.05, 4.69) is 11.7 Å². The Bertz CT molecular complexity index is 536. The summed E-state index contributed by atoms with van der Waals surface area (Å²) in [6, 6.07) is 3.84. The van der Waals surface area contributed by atoms with Crippen LogP contribution in [0.1, 0.15) is 12.8 Å². The summed E-state index contributed by atoms with van der Waals surface area (Å²) in [4.78, 5) is 10.9. The number of methoxy groups -OCH3 is 1. The van der Waals surface area contributed by atoms with E-state index in [9.17, 15) is 26.7 Å². The average Bonchev–Trinajstić information content (AvgIpc) is 2.50. The van der Waals surface area contributed by atoms with Crippen molar-refractivity contribution < 1.29 is 36.2 Å². The molecule has 0 bridgehead atoms. The summed E-state index contributed by atoms with van der Waals surface area (Å²) in [6.45, 7) is 0.458. The van der Waals surface area contributed by atoms with Crippen LogP contribution >= 0.6 is 11.8 Å². The van der Waals surface area contributed by atoms with E-state index in [0.717, 1.165) is 11.8 Å². The molecule has 1 aromatic carbocycles. The molecule has 0 N–H and O–H groups in total. The van der Waals surface area contributed by atoms with Crippen molar-refractivity contribution in [2.75, 3.05) is 7.11 Å². The third-order valence-corrected chi connectivity index (χ3v) is 4.54. The molecule has 9 heteroatoms. The average molecular weight is 371 g/mol. The molecule has 0 saturated carbocycles. The van der Waals surface area contributed by atoms with Crippen molar-refractivity contribution in [1.29, 1.82) is 0 Å². The molecule has 3 nitrogen and oxygen atoms in total. The van der Waals surface area contributed by atoms with Gasteiger partial charge in [0.15, 0.2) is 11.5 Å². The number of hydrogen-bond acceptors (Lipinski definition) is 4. The van der Waals surface area contributed by atoms with E-state index in [-0.39, 0.29) is 24.2 Å². The van der Waals surface area contributed by atoms with Crippen molar-refractivity contribution in [3.63, 3.8) is 0 Å². The molecule has 0 saturated heterocycles. The summed E-state index contributed by atoms with van der Waals surface area (Å²) in [5.41, 5.74) is 0. The molecule has 1 rings (SSSR count). The third kappa shape index (κ3) is 5.85. The lowest BCUT2D eigenvalue weighted by Crippen LogP contribution is -2.32. The van der Waals surface area contributed by atoms with Gasteiger partial charge in [0.25, 0.3) is 0 Å². The summed E-state index contributed by atoms with van der Waals surface area (Å²) >= 11 is 0.856. The van der Waals surface area contributed by atoms with Crippen LogP contribution in [0.25, 0.3) is 0 Å². The number of benzene rings is 1. The number of rotatable bonds is 9. The van der Waals surface area contributed by atoms with Gasteiger partial charge in [-0.2, -0.15) is 22.0 Å². The van der Waals surface area contributed by atoms with Gasteiger partial charge >= 0.3 is 12.8 Å². The van der Waals surface area contributed by atoms with Gasteiger partial charge in [0.2, 0.25) is 0 Å². The Morgan fingerprint density at radius 2 is 1.96 bits per heavy atom. The molecule has 0 heterocycles. The van der Waals surface area contributed by atoms with Gasteiger partial charge in [-0.15, -0.1) is 11.8 Å². The lowest BCUT2D eigenvalue weighted by molar-refractivity contribution is -0.176. The first-order chi connectivity index (χ1) is 11.2. The fraction of sp³-hybridized carbons (Fsp3) is 0.467. The first-order valence-electron chi connectivity index (χ1n) is 6.82. The Hall–Kier alpha value is -1.51. The summed E-state index contributed by atoms with van der Waals surface area (Å²) in [7, 11) is 1.23. The quantitative estimate of drug-likeness (QED) is 0.357. The topological polar surface area (TPSA) is 35.5 Å². The van der Waals surface area contributed by atoms with Crippen LogP contribution in [0, 0.1) is 12.8 Å². The molecule has 0 aromatic heterocycles. The van der Waals surface area contributed by atoms with Crippen molar-refractivity contribution >= 4 is 18.0 Å². The van der Waals surface area contributed by atoms with Gasteiger partial charge < -0.3 is 14.3 Å². The van der Waals surface area contributed by atoms with Crippen LogP contribution in [0.5, 0.6) is 11.5 Å². The van der Waals surface area contributed by atoms with E-state index in [1.807, 2.05) is 0 Å². The first kappa shape index (κ1) is 20.5. The second-order valence-electron chi connectivity index (χ2n) is 4.69. The maximum atomic E-state index is 13.1. The maximum absolute atomic E-state index is 13.1. The van der Waals surface area contributed by atoms with Crippen molar-refractivity contribution in [3.05, 3.63) is 25.1 Å². The highest BCUT2D eigenvalue weighted by Crippen LogP contribution is 2.42. The van der Waals surface area contributed by atoms with Crippen LogP contribution in [0.15, 0.2) is 23.1 Å². The molecule has 2 atom stereocenters. The third-order valence-electron chi connectivity index (χ3n) is 3.14. The highest BCUT2D eigenvalue weighted by molar-refractivity contribution is 8.00. The Morgan fingerprint density at radius 3 is 2.42 bits per heavy atom. The molecular formula is C15H16F5O3S. The van der Waals surface area contributed by atoms with Gasteiger partial charge in [0.05, 0.1) is 13.0 Å². The summed E-state index contributed by atoms with van der Waals surface area (Å²) in [6.07, 6.45) is -5.05. The molecule has 135 valence electrons. The van der Waals surface area contributed by atoms with Gasteiger partial charge in [0, 0.05) is 16.6 Å². The predicted molar refractivity (Wildman–Crippen MR) is 79.5 cm³/mol. The molecule has 0 aliphatic carbocycles. The molecule has 0 aliphatic rings. The number of thioether (sulfide) groups is 1. The maximum Gasteiger partial charge on any atom is 0.393 e. The second-order valence-corrected chi connectivity index (χ2v) is 6.00. The summed E-state index contributed by atoms with van der Waals surface area (Å²) < 4.78 is 72.9. The molecular weight excluding hydrogens is 355 g/mol. The molecule has 0 aliphatic heterocycles. The van der Waals surface area contributed by atoms with Crippen LogP contribution in [-0.2, 0) is 4.79 Å². The molecule has 24 heavy (non-hydrogen) atoms. The number of carbonyl (C=O) groups is 1. The molecule has 2 unspecified atom stereocenters. The molecule has 0 amide bonds. The largest absolute Gasteiger partial charge is 0.493 e. The monoisotopic (exact) mass is 371 g/mol. The van der Waals surface area contributed by atoms with Gasteiger partial charge in [0.1, 0.15) is 6.29 Å². The molecule has 0 spiro atoms. The highest BCUT2D eigenvalue weighted by atomic mass is 32.2. The lowest BCUT2D eigenvalue weighted by atomic mass is 9.99. The van der Waals surface area contributed by atoms with Gasteiger partial charge in [-0.05, 0) is 24.6 Å². The summed E-state index contributed by atoms with van der Waals surface area (Å²) in [5.74, 6) is -2.09. The minimum atomic E-state index is -4.54. The van der Waals surface area contributed by atoms with E-state index in [1.165, 1.54) is 25.3 Å². The number of alkyl halides is 5. The van der Waals surface area contributed by atoms with E-state index in [1.54, 1.807) is 0 Å². The molecule has 1 aromatic rings. The smallest absolute Gasteiger partial charge is 0.393 e. The zero-order valence-corrected chi connectivity index (χ0v) is 13.5. The van der Waals surface area contributed by atoms with E-state index in [4.69, 9.17) is 4.74 Å². The lowest BCUT2D eigenvalue weighted by Gasteiger charge is -2.26. The Labute approximate surface area is 140 Å². The van der Waals surface area contributed by atoms with Crippen molar-refractivity contribution in [2.24, 2.45) is 5.92 Å². The van der Waals surface area contributed by atoms with Gasteiger partial charge in [-0.1, -0.05) is 6.92 Å². The van der Waals surface area contributed by atoms with Crippen molar-refractivity contribution in [2.45, 2.75) is 35.8 Å². The van der Waals surface area contributed by atoms with Crippen LogP contribution < -0.4 is 9.47 Å². The van der Waals surface area contributed by atoms with Crippen LogP contribution in [0.4, 0.5) is 22.0 Å². The van der Waals surface area contributed by atoms with Gasteiger partial charge in [-0.3, -0.25) is 0 Å². The number of hydrogen-bond donors (Lipinski definition) is 0. The number of halogens is 5. The Balaban J connectivity index is 3.01. The standard InChI is InChI=1S/C15H16F5O3S/c1-3-13(10(6-7-21)15(18,19)20)24-9-4-5-11(23-14(16)17)12(8-9)22-2/h4-5,7-8,10,13-14H,1,3,6H2,2H3. The summed E-state index contributed by atoms with van der Waals surface area (Å²) in [5, 5.41) is -0.998. The zero-order valence-electron chi connectivity index (χ0n) is 12.7. The molecule has 0 fully saturated rings. The van der Waals surface area contributed by atoms with E-state index in [0.29, 0.717) is 4.90 Å². The van der Waals surface area contributed by atoms with Crippen LogP contribution in [0.3, 0.4) is 0 Å². The van der Waals surface area contributed by atoms with Crippen molar-refractivity contribution in [3.8, 4) is 11.5 Å². The van der Waals surface area contributed by atoms with Crippen LogP contribution in [0.2, 0.25) is 0 Å². The number of ether oxygens (including phenoxy) is 2. The SMILES string of the molecule is [CH2]CC(Sc1ccc(OC(F)F)c(OC)c1)C(CC=O)C(F)(F)F. The van der Waals surface area contributed by atoms with E-state index < -0.39 is 30.4 Å². The Kier molecular flexibility index (Phi) is 7.78. The highest BCUT2D eigenvalue weighted by Gasteiger charge is 2.44. The van der Waals surface area contributed by atoms with E-state index >= 15 is 0 Å². The normalized spacial score (nSPS) is 14.3. The van der Waals surface area contributed by atoms with Crippen molar-refractivity contribution in [1.82, 2.24) is 0 Å². The number of carbonyl (C=O) groups excluding carboxylic acids is 1. The first-order valence-corrected chi connectivity index (χ1v) is 7.70. The minimum Gasteiger partial charge on any atom is -0.493 e. The fourth-order valence-electron chi connectivity index (χ4n) is 2.03. The van der Waals surface area contributed by atoms with Gasteiger partial charge in [-0.25, -0.2) is 0 Å². The zero-order chi connectivity index (χ0) is 18.3. The fourth-order valence-corrected chi connectivity index (χ4v) is 3.25. The minimum absolute atomic E-state index is 0.0259.